The maximum Gasteiger partial charge on any atom is 0.133 e. The van der Waals surface area contributed by atoms with E-state index in [4.69, 9.17) is 16.3 Å². The fraction of sp³-hybridized carbons (Fsp3) is 1.00. The summed E-state index contributed by atoms with van der Waals surface area (Å²) < 4.78 is 5.31. The van der Waals surface area contributed by atoms with Gasteiger partial charge in [-0.15, -0.1) is 0 Å². The molecule has 0 radical (unpaired) electrons. The molecule has 0 aromatic carbocycles. The van der Waals surface area contributed by atoms with Crippen LogP contribution in [0.4, 0.5) is 0 Å². The van der Waals surface area contributed by atoms with Gasteiger partial charge in [0.1, 0.15) is 5.56 Å². The number of ether oxygens (including phenoxy) is 1. The number of rotatable bonds is 2. The minimum Gasteiger partial charge on any atom is -0.362 e. The summed E-state index contributed by atoms with van der Waals surface area (Å²) >= 11 is 5.94. The van der Waals surface area contributed by atoms with E-state index < -0.39 is 0 Å². The standard InChI is InChI=1S/C8H15ClO/c1-2-4-7-5-3-6-10-8(7)9/h7-8H,2-6H2,1H3. The molecule has 10 heavy (non-hydrogen) atoms. The number of hydrogen-bond donors (Lipinski definition) is 0. The lowest BCUT2D eigenvalue weighted by Crippen LogP contribution is -2.24. The van der Waals surface area contributed by atoms with Crippen molar-refractivity contribution >= 4 is 11.6 Å². The molecule has 60 valence electrons. The van der Waals surface area contributed by atoms with Crippen LogP contribution in [0.15, 0.2) is 0 Å². The van der Waals surface area contributed by atoms with Crippen LogP contribution in [-0.4, -0.2) is 12.2 Å². The predicted molar refractivity (Wildman–Crippen MR) is 43.2 cm³/mol. The predicted octanol–water partition coefficient (Wildman–Crippen LogP) is 2.78. The molecule has 0 aromatic rings. The summed E-state index contributed by atoms with van der Waals surface area (Å²) in [7, 11) is 0. The second kappa shape index (κ2) is 4.20. The van der Waals surface area contributed by atoms with Crippen LogP contribution in [0.25, 0.3) is 0 Å². The van der Waals surface area contributed by atoms with E-state index in [9.17, 15) is 0 Å². The molecule has 2 unspecified atom stereocenters. The maximum absolute atomic E-state index is 5.94. The lowest BCUT2D eigenvalue weighted by Gasteiger charge is -2.26. The number of halogens is 1. The Bertz CT molecular complexity index is 93.3. The van der Waals surface area contributed by atoms with Crippen LogP contribution in [0, 0.1) is 5.92 Å². The van der Waals surface area contributed by atoms with Crippen LogP contribution in [0.3, 0.4) is 0 Å². The zero-order valence-electron chi connectivity index (χ0n) is 6.48. The molecule has 1 heterocycles. The lowest BCUT2D eigenvalue weighted by molar-refractivity contribution is 0.0220. The molecule has 1 aliphatic heterocycles. The van der Waals surface area contributed by atoms with E-state index >= 15 is 0 Å². The summed E-state index contributed by atoms with van der Waals surface area (Å²) in [6.07, 6.45) is 4.88. The SMILES string of the molecule is CCCC1CCCOC1Cl. The van der Waals surface area contributed by atoms with Gasteiger partial charge in [-0.2, -0.15) is 0 Å². The second-order valence-electron chi connectivity index (χ2n) is 2.91. The highest BCUT2D eigenvalue weighted by atomic mass is 35.5. The van der Waals surface area contributed by atoms with Gasteiger partial charge < -0.3 is 4.74 Å². The smallest absolute Gasteiger partial charge is 0.133 e. The topological polar surface area (TPSA) is 9.23 Å². The van der Waals surface area contributed by atoms with Crippen molar-refractivity contribution < 1.29 is 4.74 Å². The zero-order valence-corrected chi connectivity index (χ0v) is 7.23. The molecule has 1 rings (SSSR count). The molecule has 0 bridgehead atoms. The van der Waals surface area contributed by atoms with Crippen molar-refractivity contribution in [1.82, 2.24) is 0 Å². The normalized spacial score (nSPS) is 34.2. The van der Waals surface area contributed by atoms with Crippen molar-refractivity contribution in [1.29, 1.82) is 0 Å². The molecule has 0 N–H and O–H groups in total. The summed E-state index contributed by atoms with van der Waals surface area (Å²) in [5.74, 6) is 0.611. The van der Waals surface area contributed by atoms with Gasteiger partial charge in [0.05, 0.1) is 0 Å². The van der Waals surface area contributed by atoms with E-state index in [1.807, 2.05) is 0 Å². The third kappa shape index (κ3) is 2.14. The fourth-order valence-corrected chi connectivity index (χ4v) is 1.80. The van der Waals surface area contributed by atoms with Gasteiger partial charge in [0.25, 0.3) is 0 Å². The van der Waals surface area contributed by atoms with Crippen LogP contribution >= 0.6 is 11.6 Å². The minimum absolute atomic E-state index is 0.00583. The summed E-state index contributed by atoms with van der Waals surface area (Å²) in [4.78, 5) is 0. The Labute approximate surface area is 67.7 Å². The molecule has 2 heteroatoms. The summed E-state index contributed by atoms with van der Waals surface area (Å²) in [6.45, 7) is 3.05. The van der Waals surface area contributed by atoms with Crippen LogP contribution in [-0.2, 0) is 4.74 Å². The van der Waals surface area contributed by atoms with Gasteiger partial charge >= 0.3 is 0 Å². The third-order valence-corrected chi connectivity index (χ3v) is 2.51. The highest BCUT2D eigenvalue weighted by Crippen LogP contribution is 2.27. The van der Waals surface area contributed by atoms with Crippen LogP contribution in [0.2, 0.25) is 0 Å². The molecule has 0 amide bonds. The van der Waals surface area contributed by atoms with E-state index in [1.54, 1.807) is 0 Å². The average Bonchev–Trinajstić information content (AvgIpc) is 1.94. The number of hydrogen-bond acceptors (Lipinski definition) is 1. The molecule has 1 fully saturated rings. The van der Waals surface area contributed by atoms with E-state index in [2.05, 4.69) is 6.92 Å². The van der Waals surface area contributed by atoms with Crippen molar-refractivity contribution in [3.63, 3.8) is 0 Å². The number of alkyl halides is 1. The zero-order chi connectivity index (χ0) is 7.40. The van der Waals surface area contributed by atoms with Crippen molar-refractivity contribution in [3.05, 3.63) is 0 Å². The quantitative estimate of drug-likeness (QED) is 0.568. The third-order valence-electron chi connectivity index (χ3n) is 2.03. The minimum atomic E-state index is -0.00583. The van der Waals surface area contributed by atoms with Gasteiger partial charge in [0.15, 0.2) is 0 Å². The Kier molecular flexibility index (Phi) is 3.50. The van der Waals surface area contributed by atoms with Gasteiger partial charge in [0.2, 0.25) is 0 Å². The maximum atomic E-state index is 5.94. The monoisotopic (exact) mass is 162 g/mol. The lowest BCUT2D eigenvalue weighted by atomic mass is 9.97. The van der Waals surface area contributed by atoms with E-state index in [1.165, 1.54) is 25.7 Å². The molecule has 1 aliphatic rings. The van der Waals surface area contributed by atoms with Crippen molar-refractivity contribution in [2.45, 2.75) is 38.2 Å². The van der Waals surface area contributed by atoms with Gasteiger partial charge in [-0.05, 0) is 25.2 Å². The first-order valence-electron chi connectivity index (χ1n) is 4.10. The molecule has 0 saturated carbocycles. The summed E-state index contributed by atoms with van der Waals surface area (Å²) in [5.41, 5.74) is -0.00583. The molecular formula is C8H15ClO. The van der Waals surface area contributed by atoms with E-state index in [0.29, 0.717) is 5.92 Å². The molecule has 0 spiro atoms. The van der Waals surface area contributed by atoms with Crippen LogP contribution in [0.5, 0.6) is 0 Å². The summed E-state index contributed by atoms with van der Waals surface area (Å²) in [5, 5.41) is 0. The molecular weight excluding hydrogens is 148 g/mol. The second-order valence-corrected chi connectivity index (χ2v) is 3.34. The Balaban J connectivity index is 2.25. The van der Waals surface area contributed by atoms with Gasteiger partial charge in [-0.25, -0.2) is 0 Å². The first-order valence-corrected chi connectivity index (χ1v) is 4.54. The molecule has 1 saturated heterocycles. The highest BCUT2D eigenvalue weighted by Gasteiger charge is 2.22. The largest absolute Gasteiger partial charge is 0.362 e. The average molecular weight is 163 g/mol. The van der Waals surface area contributed by atoms with Crippen molar-refractivity contribution in [3.8, 4) is 0 Å². The molecule has 0 aliphatic carbocycles. The van der Waals surface area contributed by atoms with E-state index in [0.717, 1.165) is 6.61 Å². The van der Waals surface area contributed by atoms with Crippen LogP contribution < -0.4 is 0 Å². The van der Waals surface area contributed by atoms with Gasteiger partial charge in [-0.3, -0.25) is 0 Å². The Hall–Kier alpha value is 0.250. The molecule has 0 aromatic heterocycles. The van der Waals surface area contributed by atoms with Crippen molar-refractivity contribution in [2.75, 3.05) is 6.61 Å². The molecule has 1 nitrogen and oxygen atoms in total. The Morgan fingerprint density at radius 1 is 1.60 bits per heavy atom. The Morgan fingerprint density at radius 2 is 2.40 bits per heavy atom. The first kappa shape index (κ1) is 8.35. The first-order chi connectivity index (χ1) is 4.84. The fourth-order valence-electron chi connectivity index (χ4n) is 1.45. The van der Waals surface area contributed by atoms with Gasteiger partial charge in [-0.1, -0.05) is 24.9 Å². The summed E-state index contributed by atoms with van der Waals surface area (Å²) in [6, 6.07) is 0. The van der Waals surface area contributed by atoms with Gasteiger partial charge in [0, 0.05) is 6.61 Å². The highest BCUT2D eigenvalue weighted by molar-refractivity contribution is 6.19. The van der Waals surface area contributed by atoms with E-state index in [-0.39, 0.29) is 5.56 Å². The Morgan fingerprint density at radius 3 is 3.00 bits per heavy atom. The molecule has 2 atom stereocenters. The van der Waals surface area contributed by atoms with Crippen molar-refractivity contribution in [2.24, 2.45) is 5.92 Å². The van der Waals surface area contributed by atoms with Crippen LogP contribution in [0.1, 0.15) is 32.6 Å².